The zero-order chi connectivity index (χ0) is 19.8. The molecule has 1 amide bonds. The Morgan fingerprint density at radius 3 is 2.41 bits per heavy atom. The summed E-state index contributed by atoms with van der Waals surface area (Å²) in [6.07, 6.45) is 4.33. The standard InChI is InChI=1S/C20H37N5O3.HI/c1-2-21-20(22-8-4-9-23-10-6-17(26)7-11-23)25-14-12-24(13-15-25)19(27)18-5-3-16-28-18;/h17-18,26H,2-16H2,1H3,(H,21,22);1H. The third-order valence-corrected chi connectivity index (χ3v) is 5.88. The van der Waals surface area contributed by atoms with Crippen molar-refractivity contribution in [1.82, 2.24) is 20.0 Å². The van der Waals surface area contributed by atoms with Crippen molar-refractivity contribution in [3.8, 4) is 0 Å². The van der Waals surface area contributed by atoms with Gasteiger partial charge in [-0.1, -0.05) is 0 Å². The Hall–Kier alpha value is -0.650. The molecule has 2 N–H and O–H groups in total. The number of nitrogens with zero attached hydrogens (tertiary/aromatic N) is 4. The van der Waals surface area contributed by atoms with E-state index in [-0.39, 0.29) is 42.1 Å². The Balaban J connectivity index is 0.00000300. The molecule has 3 aliphatic rings. The molecular weight excluding hydrogens is 485 g/mol. The van der Waals surface area contributed by atoms with E-state index in [1.807, 2.05) is 4.90 Å². The molecule has 9 heteroatoms. The van der Waals surface area contributed by atoms with Gasteiger partial charge in [-0.2, -0.15) is 0 Å². The zero-order valence-corrected chi connectivity index (χ0v) is 20.1. The topological polar surface area (TPSA) is 80.6 Å². The fourth-order valence-electron chi connectivity index (χ4n) is 4.16. The average molecular weight is 523 g/mol. The van der Waals surface area contributed by atoms with Crippen molar-refractivity contribution < 1.29 is 14.6 Å². The number of likely N-dealkylation sites (tertiary alicyclic amines) is 1. The predicted molar refractivity (Wildman–Crippen MR) is 125 cm³/mol. The number of nitrogens with one attached hydrogen (secondary N) is 1. The van der Waals surface area contributed by atoms with Crippen molar-refractivity contribution in [1.29, 1.82) is 0 Å². The number of aliphatic imine (C=N–C) groups is 1. The normalized spacial score (nSPS) is 24.5. The molecule has 1 unspecified atom stereocenters. The van der Waals surface area contributed by atoms with E-state index in [2.05, 4.69) is 22.0 Å². The summed E-state index contributed by atoms with van der Waals surface area (Å²) in [4.78, 5) is 23.9. The van der Waals surface area contributed by atoms with Crippen LogP contribution in [0.25, 0.3) is 0 Å². The third-order valence-electron chi connectivity index (χ3n) is 5.88. The van der Waals surface area contributed by atoms with E-state index in [1.165, 1.54) is 0 Å². The van der Waals surface area contributed by atoms with Gasteiger partial charge in [0, 0.05) is 59.0 Å². The van der Waals surface area contributed by atoms with Crippen LogP contribution in [0.5, 0.6) is 0 Å². The second kappa shape index (κ2) is 12.9. The Labute approximate surface area is 192 Å². The van der Waals surface area contributed by atoms with E-state index in [0.717, 1.165) is 97.0 Å². The first kappa shape index (κ1) is 24.6. The quantitative estimate of drug-likeness (QED) is 0.232. The minimum absolute atomic E-state index is 0. The van der Waals surface area contributed by atoms with E-state index in [1.54, 1.807) is 0 Å². The Bertz CT molecular complexity index is 514. The SMILES string of the molecule is CCNC(=NCCCN1CCC(O)CC1)N1CCN(C(=O)C2CCCO2)CC1.I. The fraction of sp³-hybridized carbons (Fsp3) is 0.900. The minimum atomic E-state index is -0.218. The third kappa shape index (κ3) is 7.52. The number of piperazine rings is 1. The van der Waals surface area contributed by atoms with Gasteiger partial charge in [-0.15, -0.1) is 24.0 Å². The van der Waals surface area contributed by atoms with Gasteiger partial charge in [-0.25, -0.2) is 0 Å². The number of aliphatic hydroxyl groups is 1. The van der Waals surface area contributed by atoms with E-state index in [0.29, 0.717) is 6.61 Å². The highest BCUT2D eigenvalue weighted by Crippen LogP contribution is 2.16. The van der Waals surface area contributed by atoms with Crippen LogP contribution >= 0.6 is 24.0 Å². The van der Waals surface area contributed by atoms with Crippen LogP contribution in [0.4, 0.5) is 0 Å². The summed E-state index contributed by atoms with van der Waals surface area (Å²) in [5.41, 5.74) is 0. The lowest BCUT2D eigenvalue weighted by molar-refractivity contribution is -0.142. The average Bonchev–Trinajstić information content (AvgIpc) is 3.26. The molecule has 8 nitrogen and oxygen atoms in total. The predicted octanol–water partition coefficient (Wildman–Crippen LogP) is 0.740. The van der Waals surface area contributed by atoms with E-state index in [4.69, 9.17) is 9.73 Å². The van der Waals surface area contributed by atoms with Gasteiger partial charge in [0.1, 0.15) is 6.10 Å². The number of amides is 1. The molecule has 0 aromatic rings. The minimum Gasteiger partial charge on any atom is -0.393 e. The van der Waals surface area contributed by atoms with Gasteiger partial charge in [0.15, 0.2) is 5.96 Å². The van der Waals surface area contributed by atoms with Crippen LogP contribution < -0.4 is 5.32 Å². The van der Waals surface area contributed by atoms with Gasteiger partial charge >= 0.3 is 0 Å². The van der Waals surface area contributed by atoms with Gasteiger partial charge in [-0.3, -0.25) is 9.79 Å². The maximum absolute atomic E-state index is 12.5. The molecule has 0 spiro atoms. The number of halogens is 1. The largest absolute Gasteiger partial charge is 0.393 e. The molecule has 1 atom stereocenters. The maximum Gasteiger partial charge on any atom is 0.251 e. The highest BCUT2D eigenvalue weighted by atomic mass is 127. The van der Waals surface area contributed by atoms with Crippen molar-refractivity contribution in [3.63, 3.8) is 0 Å². The van der Waals surface area contributed by atoms with Crippen LogP contribution in [-0.4, -0.2) is 109 Å². The molecule has 0 aliphatic carbocycles. The monoisotopic (exact) mass is 523 g/mol. The zero-order valence-electron chi connectivity index (χ0n) is 17.7. The summed E-state index contributed by atoms with van der Waals surface area (Å²) in [6.45, 7) is 10.6. The van der Waals surface area contributed by atoms with E-state index < -0.39 is 0 Å². The number of guanidine groups is 1. The van der Waals surface area contributed by atoms with Crippen LogP contribution in [0.3, 0.4) is 0 Å². The van der Waals surface area contributed by atoms with Crippen LogP contribution in [0.15, 0.2) is 4.99 Å². The number of rotatable bonds is 6. The number of hydrogen-bond donors (Lipinski definition) is 2. The van der Waals surface area contributed by atoms with Gasteiger partial charge in [-0.05, 0) is 45.6 Å². The highest BCUT2D eigenvalue weighted by molar-refractivity contribution is 14.0. The van der Waals surface area contributed by atoms with Crippen LogP contribution in [-0.2, 0) is 9.53 Å². The molecular formula is C20H38IN5O3. The molecule has 0 aromatic carbocycles. The van der Waals surface area contributed by atoms with Gasteiger partial charge < -0.3 is 29.9 Å². The number of hydrogen-bond acceptors (Lipinski definition) is 5. The summed E-state index contributed by atoms with van der Waals surface area (Å²) in [7, 11) is 0. The molecule has 168 valence electrons. The van der Waals surface area contributed by atoms with Crippen molar-refractivity contribution in [2.24, 2.45) is 4.99 Å². The van der Waals surface area contributed by atoms with Gasteiger partial charge in [0.25, 0.3) is 5.91 Å². The van der Waals surface area contributed by atoms with E-state index >= 15 is 0 Å². The lowest BCUT2D eigenvalue weighted by Gasteiger charge is -2.37. The fourth-order valence-corrected chi connectivity index (χ4v) is 4.16. The Kier molecular flexibility index (Phi) is 11.0. The van der Waals surface area contributed by atoms with Crippen molar-refractivity contribution in [2.75, 3.05) is 65.5 Å². The van der Waals surface area contributed by atoms with Gasteiger partial charge in [0.05, 0.1) is 6.10 Å². The molecule has 3 aliphatic heterocycles. The number of carbonyl (C=O) groups excluding carboxylic acids is 1. The molecule has 0 radical (unpaired) electrons. The van der Waals surface area contributed by atoms with E-state index in [9.17, 15) is 9.90 Å². The maximum atomic E-state index is 12.5. The summed E-state index contributed by atoms with van der Waals surface area (Å²) in [5.74, 6) is 1.12. The second-order valence-electron chi connectivity index (χ2n) is 7.98. The summed E-state index contributed by atoms with van der Waals surface area (Å²) in [5, 5.41) is 13.0. The molecule has 0 bridgehead atoms. The highest BCUT2D eigenvalue weighted by Gasteiger charge is 2.30. The molecule has 29 heavy (non-hydrogen) atoms. The first-order chi connectivity index (χ1) is 13.7. The second-order valence-corrected chi connectivity index (χ2v) is 7.98. The molecule has 3 rings (SSSR count). The lowest BCUT2D eigenvalue weighted by Crippen LogP contribution is -2.55. The molecule has 0 saturated carbocycles. The van der Waals surface area contributed by atoms with Crippen LogP contribution in [0.1, 0.15) is 39.0 Å². The van der Waals surface area contributed by atoms with Crippen molar-refractivity contribution >= 4 is 35.8 Å². The van der Waals surface area contributed by atoms with Crippen LogP contribution in [0, 0.1) is 0 Å². The molecule has 0 aromatic heterocycles. The first-order valence-corrected chi connectivity index (χ1v) is 11.0. The summed E-state index contributed by atoms with van der Waals surface area (Å²) < 4.78 is 5.54. The smallest absolute Gasteiger partial charge is 0.251 e. The van der Waals surface area contributed by atoms with Gasteiger partial charge in [0.2, 0.25) is 0 Å². The summed E-state index contributed by atoms with van der Waals surface area (Å²) in [6, 6.07) is 0. The summed E-state index contributed by atoms with van der Waals surface area (Å²) >= 11 is 0. The number of ether oxygens (including phenoxy) is 1. The Morgan fingerprint density at radius 2 is 1.79 bits per heavy atom. The number of piperidine rings is 1. The molecule has 3 fully saturated rings. The van der Waals surface area contributed by atoms with Crippen LogP contribution in [0.2, 0.25) is 0 Å². The van der Waals surface area contributed by atoms with Crippen molar-refractivity contribution in [3.05, 3.63) is 0 Å². The molecule has 3 heterocycles. The first-order valence-electron chi connectivity index (χ1n) is 11.0. The Morgan fingerprint density at radius 1 is 1.10 bits per heavy atom. The number of carbonyl (C=O) groups is 1. The molecule has 3 saturated heterocycles. The number of aliphatic hydroxyl groups excluding tert-OH is 1. The van der Waals surface area contributed by atoms with Crippen molar-refractivity contribution in [2.45, 2.75) is 51.2 Å². The lowest BCUT2D eigenvalue weighted by atomic mass is 10.1.